The number of nitrogens with zero attached hydrogens (tertiary/aromatic N) is 1. The van der Waals surface area contributed by atoms with E-state index >= 15 is 0 Å². The van der Waals surface area contributed by atoms with Gasteiger partial charge in [-0.2, -0.15) is 0 Å². The van der Waals surface area contributed by atoms with E-state index in [9.17, 15) is 14.7 Å². The third-order valence-electron chi connectivity index (χ3n) is 2.55. The molecule has 1 amide bonds. The van der Waals surface area contributed by atoms with Gasteiger partial charge >= 0.3 is 5.97 Å². The van der Waals surface area contributed by atoms with Crippen LogP contribution in [0.15, 0.2) is 4.52 Å². The molecule has 0 bridgehead atoms. The van der Waals surface area contributed by atoms with Crippen LogP contribution >= 0.6 is 0 Å². The lowest BCUT2D eigenvalue weighted by atomic mass is 10.1. The van der Waals surface area contributed by atoms with Crippen molar-refractivity contribution in [1.29, 1.82) is 0 Å². The number of amides is 1. The topological polar surface area (TPSA) is 113 Å². The number of hydrogen-bond acceptors (Lipinski definition) is 5. The molecule has 0 aromatic carbocycles. The number of aryl methyl sites for hydroxylation is 2. The van der Waals surface area contributed by atoms with E-state index in [4.69, 9.17) is 9.63 Å². The molecule has 1 unspecified atom stereocenters. The van der Waals surface area contributed by atoms with Gasteiger partial charge in [-0.05, 0) is 20.3 Å². The van der Waals surface area contributed by atoms with Crippen molar-refractivity contribution in [2.45, 2.75) is 32.8 Å². The van der Waals surface area contributed by atoms with Gasteiger partial charge in [0.2, 0.25) is 0 Å². The Kier molecular flexibility index (Phi) is 4.07. The maximum Gasteiger partial charge on any atom is 0.337 e. The van der Waals surface area contributed by atoms with Crippen molar-refractivity contribution in [2.75, 3.05) is 6.54 Å². The standard InChI is InChI=1S/C11H16N2O5/c1-4-7-8(6(2)18-13-7)9(14)12-5-11(3,17)10(15)16/h17H,4-5H2,1-3H3,(H,12,14)(H,15,16). The Labute approximate surface area is 104 Å². The van der Waals surface area contributed by atoms with Crippen molar-refractivity contribution in [3.8, 4) is 0 Å². The molecule has 0 spiro atoms. The largest absolute Gasteiger partial charge is 0.479 e. The van der Waals surface area contributed by atoms with Crippen LogP contribution in [0.5, 0.6) is 0 Å². The minimum absolute atomic E-state index is 0.290. The highest BCUT2D eigenvalue weighted by Gasteiger charge is 2.31. The molecule has 0 saturated carbocycles. The molecule has 100 valence electrons. The Hall–Kier alpha value is -1.89. The highest BCUT2D eigenvalue weighted by molar-refractivity contribution is 5.96. The monoisotopic (exact) mass is 256 g/mol. The van der Waals surface area contributed by atoms with Crippen LogP contribution in [0.1, 0.15) is 35.7 Å². The van der Waals surface area contributed by atoms with Crippen LogP contribution in [0, 0.1) is 6.92 Å². The van der Waals surface area contributed by atoms with Gasteiger partial charge in [0.05, 0.1) is 12.2 Å². The fraction of sp³-hybridized carbons (Fsp3) is 0.545. The zero-order valence-corrected chi connectivity index (χ0v) is 10.5. The SMILES string of the molecule is CCc1noc(C)c1C(=O)NCC(C)(O)C(=O)O. The Morgan fingerprint density at radius 1 is 1.50 bits per heavy atom. The van der Waals surface area contributed by atoms with Gasteiger partial charge < -0.3 is 20.1 Å². The Morgan fingerprint density at radius 2 is 2.11 bits per heavy atom. The second-order valence-corrected chi connectivity index (χ2v) is 4.18. The molecule has 7 nitrogen and oxygen atoms in total. The number of carboxylic acids is 1. The Bertz CT molecular complexity index is 464. The molecular weight excluding hydrogens is 240 g/mol. The predicted octanol–water partition coefficient (Wildman–Crippen LogP) is 0.111. The molecule has 3 N–H and O–H groups in total. The summed E-state index contributed by atoms with van der Waals surface area (Å²) in [5, 5.41) is 24.3. The summed E-state index contributed by atoms with van der Waals surface area (Å²) in [5.74, 6) is -1.55. The number of aliphatic carboxylic acids is 1. The first-order chi connectivity index (χ1) is 8.29. The minimum atomic E-state index is -2.01. The normalized spacial score (nSPS) is 14.0. The summed E-state index contributed by atoms with van der Waals surface area (Å²) in [5.41, 5.74) is -1.22. The second kappa shape index (κ2) is 5.18. The third-order valence-corrected chi connectivity index (χ3v) is 2.55. The number of hydrogen-bond donors (Lipinski definition) is 3. The fourth-order valence-electron chi connectivity index (χ4n) is 1.37. The Morgan fingerprint density at radius 3 is 2.61 bits per heavy atom. The molecular formula is C11H16N2O5. The van der Waals surface area contributed by atoms with E-state index in [1.165, 1.54) is 0 Å². The van der Waals surface area contributed by atoms with E-state index in [1.807, 2.05) is 6.92 Å². The van der Waals surface area contributed by atoms with Crippen molar-refractivity contribution in [2.24, 2.45) is 0 Å². The van der Waals surface area contributed by atoms with Crippen LogP contribution in [0.3, 0.4) is 0 Å². The van der Waals surface area contributed by atoms with E-state index in [1.54, 1.807) is 6.92 Å². The molecule has 7 heteroatoms. The van der Waals surface area contributed by atoms with Gasteiger partial charge in [0.25, 0.3) is 5.91 Å². The van der Waals surface area contributed by atoms with Crippen molar-refractivity contribution in [3.05, 3.63) is 17.0 Å². The molecule has 18 heavy (non-hydrogen) atoms. The molecule has 1 rings (SSSR count). The molecule has 0 saturated heterocycles. The lowest BCUT2D eigenvalue weighted by molar-refractivity contribution is -0.155. The molecule has 0 aliphatic heterocycles. The first kappa shape index (κ1) is 14.2. The van der Waals surface area contributed by atoms with Crippen LogP contribution in [-0.2, 0) is 11.2 Å². The number of nitrogens with one attached hydrogen (secondary N) is 1. The zero-order chi connectivity index (χ0) is 13.9. The third kappa shape index (κ3) is 2.86. The van der Waals surface area contributed by atoms with Gasteiger partial charge in [-0.25, -0.2) is 4.79 Å². The van der Waals surface area contributed by atoms with Crippen LogP contribution < -0.4 is 5.32 Å². The molecule has 0 radical (unpaired) electrons. The average Bonchev–Trinajstić information content (AvgIpc) is 2.67. The molecule has 0 aliphatic carbocycles. The van der Waals surface area contributed by atoms with Crippen LogP contribution in [0.25, 0.3) is 0 Å². The van der Waals surface area contributed by atoms with Crippen molar-refractivity contribution in [3.63, 3.8) is 0 Å². The molecule has 1 aromatic heterocycles. The van der Waals surface area contributed by atoms with Gasteiger partial charge in [0.15, 0.2) is 5.60 Å². The lowest BCUT2D eigenvalue weighted by Gasteiger charge is -2.18. The van der Waals surface area contributed by atoms with E-state index in [0.29, 0.717) is 23.4 Å². The maximum absolute atomic E-state index is 11.9. The van der Waals surface area contributed by atoms with Crippen molar-refractivity contribution in [1.82, 2.24) is 10.5 Å². The predicted molar refractivity (Wildman–Crippen MR) is 61.2 cm³/mol. The van der Waals surface area contributed by atoms with Crippen molar-refractivity contribution < 1.29 is 24.3 Å². The number of carboxylic acid groups (broad SMARTS) is 1. The van der Waals surface area contributed by atoms with Crippen LogP contribution in [0.2, 0.25) is 0 Å². The molecule has 1 atom stereocenters. The van der Waals surface area contributed by atoms with Gasteiger partial charge in [0, 0.05) is 0 Å². The number of carbonyl (C=O) groups excluding carboxylic acids is 1. The highest BCUT2D eigenvalue weighted by atomic mass is 16.5. The second-order valence-electron chi connectivity index (χ2n) is 4.18. The van der Waals surface area contributed by atoms with Gasteiger partial charge in [-0.1, -0.05) is 12.1 Å². The summed E-state index contributed by atoms with van der Waals surface area (Å²) in [4.78, 5) is 22.5. The molecule has 0 fully saturated rings. The van der Waals surface area contributed by atoms with E-state index in [-0.39, 0.29) is 0 Å². The number of carbonyl (C=O) groups is 2. The summed E-state index contributed by atoms with van der Waals surface area (Å²) in [7, 11) is 0. The summed E-state index contributed by atoms with van der Waals surface area (Å²) in [6, 6.07) is 0. The molecule has 0 aliphatic rings. The number of aliphatic hydroxyl groups is 1. The Balaban J connectivity index is 2.78. The smallest absolute Gasteiger partial charge is 0.337 e. The zero-order valence-electron chi connectivity index (χ0n) is 10.5. The maximum atomic E-state index is 11.9. The minimum Gasteiger partial charge on any atom is -0.479 e. The number of rotatable bonds is 5. The summed E-state index contributed by atoms with van der Waals surface area (Å²) < 4.78 is 4.90. The lowest BCUT2D eigenvalue weighted by Crippen LogP contribution is -2.46. The molecule has 1 heterocycles. The van der Waals surface area contributed by atoms with E-state index in [2.05, 4.69) is 10.5 Å². The summed E-state index contributed by atoms with van der Waals surface area (Å²) in [6.45, 7) is 4.13. The van der Waals surface area contributed by atoms with E-state index < -0.39 is 24.0 Å². The van der Waals surface area contributed by atoms with Gasteiger partial charge in [-0.3, -0.25) is 4.79 Å². The number of aromatic nitrogens is 1. The van der Waals surface area contributed by atoms with Crippen LogP contribution in [-0.4, -0.2) is 39.4 Å². The average molecular weight is 256 g/mol. The van der Waals surface area contributed by atoms with Crippen molar-refractivity contribution >= 4 is 11.9 Å². The molecule has 1 aromatic rings. The van der Waals surface area contributed by atoms with Gasteiger partial charge in [0.1, 0.15) is 11.3 Å². The summed E-state index contributed by atoms with van der Waals surface area (Å²) >= 11 is 0. The van der Waals surface area contributed by atoms with Crippen LogP contribution in [0.4, 0.5) is 0 Å². The first-order valence-electron chi connectivity index (χ1n) is 5.48. The first-order valence-corrected chi connectivity index (χ1v) is 5.48. The summed E-state index contributed by atoms with van der Waals surface area (Å²) in [6.07, 6.45) is 0.523. The quantitative estimate of drug-likeness (QED) is 0.689. The van der Waals surface area contributed by atoms with Gasteiger partial charge in [-0.15, -0.1) is 0 Å². The highest BCUT2D eigenvalue weighted by Crippen LogP contribution is 2.14. The van der Waals surface area contributed by atoms with E-state index in [0.717, 1.165) is 6.92 Å². The fourth-order valence-corrected chi connectivity index (χ4v) is 1.37.